The van der Waals surface area contributed by atoms with Gasteiger partial charge in [0.15, 0.2) is 0 Å². The van der Waals surface area contributed by atoms with Crippen molar-refractivity contribution < 1.29 is 19.8 Å². The molecule has 2 amide bonds. The third kappa shape index (κ3) is 6.44. The lowest BCUT2D eigenvalue weighted by atomic mass is 10.1. The van der Waals surface area contributed by atoms with E-state index in [0.717, 1.165) is 22.3 Å². The molecule has 0 aliphatic carbocycles. The van der Waals surface area contributed by atoms with Crippen molar-refractivity contribution in [1.29, 1.82) is 0 Å². The first-order valence-electron chi connectivity index (χ1n) is 8.56. The fourth-order valence-corrected chi connectivity index (χ4v) is 2.45. The summed E-state index contributed by atoms with van der Waals surface area (Å²) >= 11 is 0. The van der Waals surface area contributed by atoms with Crippen molar-refractivity contribution in [3.05, 3.63) is 70.8 Å². The highest BCUT2D eigenvalue weighted by molar-refractivity contribution is 5.65. The maximum absolute atomic E-state index is 10.7. The molecule has 0 bridgehead atoms. The number of hydrogen-bond acceptors (Lipinski definition) is 2. The van der Waals surface area contributed by atoms with E-state index in [-0.39, 0.29) is 12.1 Å². The van der Waals surface area contributed by atoms with Gasteiger partial charge in [0.25, 0.3) is 0 Å². The average molecular weight is 376 g/mol. The molecule has 0 saturated carbocycles. The molecule has 2 atom stereocenters. The van der Waals surface area contributed by atoms with Crippen LogP contribution in [-0.2, 0) is 0 Å². The molecule has 0 spiro atoms. The second-order valence-electron chi connectivity index (χ2n) is 6.09. The monoisotopic (exact) mass is 376 g/mol. The summed E-state index contributed by atoms with van der Waals surface area (Å²) in [6, 6.07) is 14.0. The predicted molar refractivity (Wildman–Crippen MR) is 106 cm³/mol. The quantitative estimate of drug-likeness (QED) is 0.611. The molecular formula is C22H20N2O4. The van der Waals surface area contributed by atoms with Crippen molar-refractivity contribution in [2.45, 2.75) is 25.9 Å². The summed E-state index contributed by atoms with van der Waals surface area (Å²) in [5.74, 6) is 11.4. The van der Waals surface area contributed by atoms with Gasteiger partial charge in [0, 0.05) is 11.1 Å². The Bertz CT molecular complexity index is 877. The topological polar surface area (TPSA) is 98.7 Å². The lowest BCUT2D eigenvalue weighted by Crippen LogP contribution is -2.24. The summed E-state index contributed by atoms with van der Waals surface area (Å²) in [7, 11) is 0. The van der Waals surface area contributed by atoms with Crippen LogP contribution in [0, 0.1) is 23.7 Å². The summed E-state index contributed by atoms with van der Waals surface area (Å²) in [4.78, 5) is 21.3. The van der Waals surface area contributed by atoms with Gasteiger partial charge in [-0.15, -0.1) is 0 Å². The summed E-state index contributed by atoms with van der Waals surface area (Å²) in [6.07, 6.45) is -2.13. The first kappa shape index (κ1) is 20.4. The number of carboxylic acid groups (broad SMARTS) is 2. The molecule has 0 radical (unpaired) electrons. The second-order valence-corrected chi connectivity index (χ2v) is 6.09. The third-order valence-corrected chi connectivity index (χ3v) is 3.98. The Morgan fingerprint density at radius 1 is 0.714 bits per heavy atom. The van der Waals surface area contributed by atoms with Crippen LogP contribution in [0.2, 0.25) is 0 Å². The Morgan fingerprint density at radius 3 is 1.32 bits per heavy atom. The van der Waals surface area contributed by atoms with Crippen molar-refractivity contribution in [2.24, 2.45) is 0 Å². The molecule has 28 heavy (non-hydrogen) atoms. The van der Waals surface area contributed by atoms with Crippen LogP contribution in [0.15, 0.2) is 48.5 Å². The van der Waals surface area contributed by atoms with Crippen molar-refractivity contribution in [1.82, 2.24) is 10.6 Å². The molecule has 0 heterocycles. The number of amides is 2. The van der Waals surface area contributed by atoms with Crippen molar-refractivity contribution in [2.75, 3.05) is 0 Å². The average Bonchev–Trinajstić information content (AvgIpc) is 2.65. The van der Waals surface area contributed by atoms with Gasteiger partial charge in [0.05, 0.1) is 12.1 Å². The predicted octanol–water partition coefficient (Wildman–Crippen LogP) is 3.75. The van der Waals surface area contributed by atoms with Gasteiger partial charge in [0.1, 0.15) is 0 Å². The standard InChI is InChI=1S/C22H20N2O4/c1-15(23-21(25)26)19-11-7-17(8-12-19)5-3-4-6-18-9-13-20(14-10-18)16(2)24-22(27)28/h7-16,23-24H,1-2H3,(H,25,26)(H,27,28). The summed E-state index contributed by atoms with van der Waals surface area (Å²) < 4.78 is 0. The summed E-state index contributed by atoms with van der Waals surface area (Å²) in [5.41, 5.74) is 3.27. The van der Waals surface area contributed by atoms with Crippen LogP contribution in [0.5, 0.6) is 0 Å². The normalized spacial score (nSPS) is 11.6. The van der Waals surface area contributed by atoms with Gasteiger partial charge in [-0.1, -0.05) is 36.1 Å². The number of hydrogen-bond donors (Lipinski definition) is 4. The van der Waals surface area contributed by atoms with Crippen LogP contribution < -0.4 is 10.6 Å². The molecule has 4 N–H and O–H groups in total. The van der Waals surface area contributed by atoms with E-state index in [1.165, 1.54) is 0 Å². The molecule has 2 aromatic carbocycles. The lowest BCUT2D eigenvalue weighted by Gasteiger charge is -2.11. The summed E-state index contributed by atoms with van der Waals surface area (Å²) in [5, 5.41) is 22.3. The SMILES string of the molecule is CC(NC(=O)O)c1ccc(C#CC#Cc2ccc(C(C)NC(=O)O)cc2)cc1. The molecule has 6 nitrogen and oxygen atoms in total. The van der Waals surface area contributed by atoms with Crippen molar-refractivity contribution in [3.63, 3.8) is 0 Å². The van der Waals surface area contributed by atoms with E-state index in [4.69, 9.17) is 10.2 Å². The van der Waals surface area contributed by atoms with Gasteiger partial charge < -0.3 is 20.8 Å². The molecule has 0 aliphatic rings. The Hall–Kier alpha value is -3.90. The maximum atomic E-state index is 10.7. The number of rotatable bonds is 4. The van der Waals surface area contributed by atoms with E-state index in [0.29, 0.717) is 0 Å². The zero-order valence-electron chi connectivity index (χ0n) is 15.5. The van der Waals surface area contributed by atoms with Crippen LogP contribution in [0.25, 0.3) is 0 Å². The zero-order valence-corrected chi connectivity index (χ0v) is 15.5. The molecule has 2 aromatic rings. The van der Waals surface area contributed by atoms with Gasteiger partial charge in [-0.25, -0.2) is 9.59 Å². The van der Waals surface area contributed by atoms with Gasteiger partial charge in [-0.2, -0.15) is 0 Å². The molecule has 142 valence electrons. The van der Waals surface area contributed by atoms with E-state index in [9.17, 15) is 9.59 Å². The Morgan fingerprint density at radius 2 is 1.04 bits per heavy atom. The highest BCUT2D eigenvalue weighted by Gasteiger charge is 2.08. The Labute approximate surface area is 163 Å². The van der Waals surface area contributed by atoms with Gasteiger partial charge >= 0.3 is 12.2 Å². The molecule has 2 unspecified atom stereocenters. The van der Waals surface area contributed by atoms with Crippen LogP contribution in [0.3, 0.4) is 0 Å². The second kappa shape index (κ2) is 9.70. The van der Waals surface area contributed by atoms with E-state index in [1.54, 1.807) is 13.8 Å². The highest BCUT2D eigenvalue weighted by atomic mass is 16.4. The maximum Gasteiger partial charge on any atom is 0.405 e. The summed E-state index contributed by atoms with van der Waals surface area (Å²) in [6.45, 7) is 3.54. The molecule has 0 aromatic heterocycles. The van der Waals surface area contributed by atoms with Crippen LogP contribution in [0.4, 0.5) is 9.59 Å². The zero-order chi connectivity index (χ0) is 20.5. The number of nitrogens with one attached hydrogen (secondary N) is 2. The first-order chi connectivity index (χ1) is 13.3. The Kier molecular flexibility index (Phi) is 7.07. The molecule has 2 rings (SSSR count). The Balaban J connectivity index is 1.99. The largest absolute Gasteiger partial charge is 0.465 e. The van der Waals surface area contributed by atoms with E-state index < -0.39 is 12.2 Å². The van der Waals surface area contributed by atoms with Crippen LogP contribution in [0.1, 0.15) is 48.2 Å². The van der Waals surface area contributed by atoms with Crippen LogP contribution in [-0.4, -0.2) is 22.4 Å². The molecule has 0 saturated heterocycles. The molecule has 0 aliphatic heterocycles. The highest BCUT2D eigenvalue weighted by Crippen LogP contribution is 2.13. The molecular weight excluding hydrogens is 356 g/mol. The fraction of sp³-hybridized carbons (Fsp3) is 0.182. The van der Waals surface area contributed by atoms with E-state index in [1.807, 2.05) is 48.5 Å². The molecule has 6 heteroatoms. The smallest absolute Gasteiger partial charge is 0.405 e. The van der Waals surface area contributed by atoms with E-state index >= 15 is 0 Å². The van der Waals surface area contributed by atoms with E-state index in [2.05, 4.69) is 34.3 Å². The minimum absolute atomic E-state index is 0.296. The van der Waals surface area contributed by atoms with Crippen LogP contribution >= 0.6 is 0 Å². The van der Waals surface area contributed by atoms with Gasteiger partial charge in [-0.3, -0.25) is 0 Å². The third-order valence-electron chi connectivity index (χ3n) is 3.98. The van der Waals surface area contributed by atoms with Gasteiger partial charge in [-0.05, 0) is 61.1 Å². The minimum atomic E-state index is -1.06. The number of benzene rings is 2. The van der Waals surface area contributed by atoms with Crippen molar-refractivity contribution in [3.8, 4) is 23.7 Å². The minimum Gasteiger partial charge on any atom is -0.465 e. The number of carbonyl (C=O) groups is 2. The van der Waals surface area contributed by atoms with Crippen molar-refractivity contribution >= 4 is 12.2 Å². The van der Waals surface area contributed by atoms with Gasteiger partial charge in [0.2, 0.25) is 0 Å². The fourth-order valence-electron chi connectivity index (χ4n) is 2.45. The molecule has 0 fully saturated rings. The lowest BCUT2D eigenvalue weighted by molar-refractivity contribution is 0.189. The first-order valence-corrected chi connectivity index (χ1v) is 8.56.